The van der Waals surface area contributed by atoms with Crippen LogP contribution in [0.2, 0.25) is 0 Å². The molecule has 1 aliphatic rings. The number of nitrogens with zero attached hydrogens (tertiary/aromatic N) is 2. The quantitative estimate of drug-likeness (QED) is 0.849. The number of amides is 1. The summed E-state index contributed by atoms with van der Waals surface area (Å²) in [5.41, 5.74) is 0.810. The molecule has 114 valence electrons. The standard InChI is InChI=1S/C15H20N2O3S/c1-11-16-13(10-21-11)5-6-14(18)17-8-2-3-12(9-17)4-7-15(19)20/h5-6,10,12H,2-4,7-9H2,1H3,(H,19,20). The lowest BCUT2D eigenvalue weighted by molar-refractivity contribution is -0.137. The molecule has 1 saturated heterocycles. The summed E-state index contributed by atoms with van der Waals surface area (Å²) >= 11 is 1.56. The lowest BCUT2D eigenvalue weighted by Gasteiger charge is -2.31. The van der Waals surface area contributed by atoms with Crippen LogP contribution in [0.1, 0.15) is 36.4 Å². The molecule has 0 aromatic carbocycles. The molecule has 1 atom stereocenters. The minimum atomic E-state index is -0.766. The molecule has 1 aliphatic heterocycles. The average Bonchev–Trinajstić information content (AvgIpc) is 2.88. The van der Waals surface area contributed by atoms with Crippen LogP contribution in [0, 0.1) is 12.8 Å². The Balaban J connectivity index is 1.86. The van der Waals surface area contributed by atoms with Crippen molar-refractivity contribution in [3.05, 3.63) is 22.2 Å². The molecule has 1 unspecified atom stereocenters. The van der Waals surface area contributed by atoms with E-state index in [0.717, 1.165) is 30.1 Å². The number of carbonyl (C=O) groups excluding carboxylic acids is 1. The van der Waals surface area contributed by atoms with Gasteiger partial charge < -0.3 is 10.0 Å². The van der Waals surface area contributed by atoms with Crippen LogP contribution >= 0.6 is 11.3 Å². The highest BCUT2D eigenvalue weighted by Crippen LogP contribution is 2.21. The van der Waals surface area contributed by atoms with Crippen molar-refractivity contribution in [2.75, 3.05) is 13.1 Å². The van der Waals surface area contributed by atoms with E-state index in [0.29, 0.717) is 18.9 Å². The first kappa shape index (κ1) is 15.7. The molecule has 2 rings (SSSR count). The number of piperidine rings is 1. The first-order valence-corrected chi connectivity index (χ1v) is 8.03. The fourth-order valence-electron chi connectivity index (χ4n) is 2.55. The summed E-state index contributed by atoms with van der Waals surface area (Å²) in [6.07, 6.45) is 6.08. The second-order valence-electron chi connectivity index (χ2n) is 5.35. The molecule has 2 heterocycles. The predicted octanol–water partition coefficient (Wildman–Crippen LogP) is 2.57. The monoisotopic (exact) mass is 308 g/mol. The maximum Gasteiger partial charge on any atom is 0.303 e. The van der Waals surface area contributed by atoms with Gasteiger partial charge in [-0.1, -0.05) is 0 Å². The van der Waals surface area contributed by atoms with Crippen molar-refractivity contribution in [1.29, 1.82) is 0 Å². The van der Waals surface area contributed by atoms with Crippen molar-refractivity contribution in [1.82, 2.24) is 9.88 Å². The SMILES string of the molecule is Cc1nc(C=CC(=O)N2CCCC(CCC(=O)O)C2)cs1. The zero-order chi connectivity index (χ0) is 15.2. The van der Waals surface area contributed by atoms with Gasteiger partial charge in [-0.3, -0.25) is 9.59 Å². The Kier molecular flexibility index (Phi) is 5.50. The molecule has 1 fully saturated rings. The van der Waals surface area contributed by atoms with E-state index in [4.69, 9.17) is 5.11 Å². The Morgan fingerprint density at radius 2 is 2.38 bits per heavy atom. The van der Waals surface area contributed by atoms with Gasteiger partial charge >= 0.3 is 5.97 Å². The van der Waals surface area contributed by atoms with Gasteiger partial charge in [0.15, 0.2) is 0 Å². The molecule has 21 heavy (non-hydrogen) atoms. The highest BCUT2D eigenvalue weighted by atomic mass is 32.1. The van der Waals surface area contributed by atoms with Crippen LogP contribution < -0.4 is 0 Å². The molecule has 1 amide bonds. The van der Waals surface area contributed by atoms with E-state index in [1.165, 1.54) is 0 Å². The summed E-state index contributed by atoms with van der Waals surface area (Å²) in [6, 6.07) is 0. The van der Waals surface area contributed by atoms with Crippen LogP contribution in [0.3, 0.4) is 0 Å². The molecule has 0 aliphatic carbocycles. The molecular weight excluding hydrogens is 288 g/mol. The topological polar surface area (TPSA) is 70.5 Å². The van der Waals surface area contributed by atoms with Gasteiger partial charge in [-0.15, -0.1) is 11.3 Å². The Morgan fingerprint density at radius 3 is 3.05 bits per heavy atom. The number of likely N-dealkylation sites (tertiary alicyclic amines) is 1. The number of rotatable bonds is 5. The number of aryl methyl sites for hydroxylation is 1. The van der Waals surface area contributed by atoms with Gasteiger partial charge in [-0.2, -0.15) is 0 Å². The van der Waals surface area contributed by atoms with E-state index in [-0.39, 0.29) is 12.3 Å². The Morgan fingerprint density at radius 1 is 1.57 bits per heavy atom. The van der Waals surface area contributed by atoms with Crippen molar-refractivity contribution < 1.29 is 14.7 Å². The Labute approximate surface area is 128 Å². The maximum absolute atomic E-state index is 12.2. The molecule has 6 heteroatoms. The summed E-state index contributed by atoms with van der Waals surface area (Å²) in [5, 5.41) is 11.6. The molecular formula is C15H20N2O3S. The minimum Gasteiger partial charge on any atom is -0.481 e. The fourth-order valence-corrected chi connectivity index (χ4v) is 3.13. The third-order valence-electron chi connectivity index (χ3n) is 3.63. The Bertz CT molecular complexity index is 539. The van der Waals surface area contributed by atoms with Gasteiger partial charge in [0, 0.05) is 31.0 Å². The second-order valence-corrected chi connectivity index (χ2v) is 6.41. The average molecular weight is 308 g/mol. The van der Waals surface area contributed by atoms with Crippen molar-refractivity contribution in [3.63, 3.8) is 0 Å². The first-order chi connectivity index (χ1) is 10.0. The van der Waals surface area contributed by atoms with Crippen molar-refractivity contribution in [2.45, 2.75) is 32.6 Å². The number of carbonyl (C=O) groups is 2. The number of thiazole rings is 1. The van der Waals surface area contributed by atoms with Gasteiger partial charge in [0.2, 0.25) is 5.91 Å². The summed E-state index contributed by atoms with van der Waals surface area (Å²) in [4.78, 5) is 28.9. The van der Waals surface area contributed by atoms with Crippen LogP contribution in [0.25, 0.3) is 6.08 Å². The molecule has 0 bridgehead atoms. The second kappa shape index (κ2) is 7.36. The van der Waals surface area contributed by atoms with E-state index in [9.17, 15) is 9.59 Å². The van der Waals surface area contributed by atoms with Crippen LogP contribution in [0.4, 0.5) is 0 Å². The fraction of sp³-hybridized carbons (Fsp3) is 0.533. The van der Waals surface area contributed by atoms with E-state index < -0.39 is 5.97 Å². The third kappa shape index (κ3) is 4.97. The summed E-state index contributed by atoms with van der Waals surface area (Å²) in [6.45, 7) is 3.34. The van der Waals surface area contributed by atoms with Gasteiger partial charge in [0.05, 0.1) is 10.7 Å². The molecule has 5 nitrogen and oxygen atoms in total. The number of hydrogen-bond acceptors (Lipinski definition) is 4. The van der Waals surface area contributed by atoms with Gasteiger partial charge in [0.25, 0.3) is 0 Å². The van der Waals surface area contributed by atoms with E-state index in [2.05, 4.69) is 4.98 Å². The molecule has 0 saturated carbocycles. The lowest BCUT2D eigenvalue weighted by atomic mass is 9.93. The molecule has 1 N–H and O–H groups in total. The number of carboxylic acids is 1. The van der Waals surface area contributed by atoms with Crippen LogP contribution in [0.15, 0.2) is 11.5 Å². The van der Waals surface area contributed by atoms with E-state index >= 15 is 0 Å². The van der Waals surface area contributed by atoms with Gasteiger partial charge in [-0.25, -0.2) is 4.98 Å². The predicted molar refractivity (Wildman–Crippen MR) is 82.1 cm³/mol. The Hall–Kier alpha value is -1.69. The molecule has 1 aromatic rings. The van der Waals surface area contributed by atoms with Gasteiger partial charge in [-0.05, 0) is 38.2 Å². The van der Waals surface area contributed by atoms with Crippen molar-refractivity contribution in [2.24, 2.45) is 5.92 Å². The van der Waals surface area contributed by atoms with Crippen LogP contribution in [-0.2, 0) is 9.59 Å². The summed E-state index contributed by atoms with van der Waals surface area (Å²) in [7, 11) is 0. The highest BCUT2D eigenvalue weighted by Gasteiger charge is 2.22. The molecule has 1 aromatic heterocycles. The van der Waals surface area contributed by atoms with Crippen molar-refractivity contribution in [3.8, 4) is 0 Å². The molecule has 0 radical (unpaired) electrons. The number of aromatic nitrogens is 1. The summed E-state index contributed by atoms with van der Waals surface area (Å²) < 4.78 is 0. The van der Waals surface area contributed by atoms with E-state index in [1.807, 2.05) is 17.2 Å². The number of aliphatic carboxylic acids is 1. The van der Waals surface area contributed by atoms with Crippen molar-refractivity contribution >= 4 is 29.3 Å². The highest BCUT2D eigenvalue weighted by molar-refractivity contribution is 7.09. The van der Waals surface area contributed by atoms with Gasteiger partial charge in [0.1, 0.15) is 0 Å². The largest absolute Gasteiger partial charge is 0.481 e. The molecule has 0 spiro atoms. The number of hydrogen-bond donors (Lipinski definition) is 1. The summed E-state index contributed by atoms with van der Waals surface area (Å²) in [5.74, 6) is -0.480. The minimum absolute atomic E-state index is 0.0133. The normalized spacial score (nSPS) is 19.1. The zero-order valence-corrected chi connectivity index (χ0v) is 12.9. The van der Waals surface area contributed by atoms with Crippen LogP contribution in [0.5, 0.6) is 0 Å². The lowest BCUT2D eigenvalue weighted by Crippen LogP contribution is -2.39. The van der Waals surface area contributed by atoms with E-state index in [1.54, 1.807) is 23.5 Å². The smallest absolute Gasteiger partial charge is 0.303 e. The third-order valence-corrected chi connectivity index (χ3v) is 4.42. The van der Waals surface area contributed by atoms with Crippen LogP contribution in [-0.4, -0.2) is 40.0 Å². The first-order valence-electron chi connectivity index (χ1n) is 7.15. The zero-order valence-electron chi connectivity index (χ0n) is 12.1. The maximum atomic E-state index is 12.2. The number of carboxylic acid groups (broad SMARTS) is 1.